The van der Waals surface area contributed by atoms with Crippen LogP contribution in [0.4, 0.5) is 0 Å². The molecule has 0 aromatic carbocycles. The molecule has 1 fully saturated rings. The minimum absolute atomic E-state index is 0.681. The number of hydrogen-bond acceptors (Lipinski definition) is 2. The van der Waals surface area contributed by atoms with Crippen LogP contribution in [0, 0.1) is 5.92 Å². The van der Waals surface area contributed by atoms with Gasteiger partial charge in [0.2, 0.25) is 0 Å². The monoisotopic (exact) mass is 156 g/mol. The second-order valence-corrected chi connectivity index (χ2v) is 3.76. The summed E-state index contributed by atoms with van der Waals surface area (Å²) in [4.78, 5) is 4.91. The molecule has 1 aliphatic rings. The van der Waals surface area contributed by atoms with Crippen LogP contribution in [0.2, 0.25) is 0 Å². The van der Waals surface area contributed by atoms with Gasteiger partial charge in [0.15, 0.2) is 0 Å². The van der Waals surface area contributed by atoms with Crippen molar-refractivity contribution < 1.29 is 0 Å². The molecule has 1 heterocycles. The van der Waals surface area contributed by atoms with Crippen LogP contribution >= 0.6 is 0 Å². The zero-order valence-electron chi connectivity index (χ0n) is 8.17. The third-order valence-corrected chi connectivity index (χ3v) is 2.86. The third kappa shape index (κ3) is 1.74. The Labute approximate surface area is 70.2 Å². The second kappa shape index (κ2) is 3.55. The van der Waals surface area contributed by atoms with E-state index in [4.69, 9.17) is 0 Å². The van der Waals surface area contributed by atoms with Crippen molar-refractivity contribution in [2.75, 3.05) is 27.2 Å². The molecule has 0 aromatic rings. The van der Waals surface area contributed by atoms with Crippen molar-refractivity contribution in [3.8, 4) is 0 Å². The number of rotatable bonds is 2. The van der Waals surface area contributed by atoms with E-state index in [0.717, 1.165) is 5.92 Å². The fourth-order valence-electron chi connectivity index (χ4n) is 2.00. The predicted molar refractivity (Wildman–Crippen MR) is 48.5 cm³/mol. The summed E-state index contributed by atoms with van der Waals surface area (Å²) in [6.07, 6.45) is 1.96. The van der Waals surface area contributed by atoms with Crippen molar-refractivity contribution in [2.45, 2.75) is 26.4 Å². The highest BCUT2D eigenvalue weighted by Gasteiger charge is 2.29. The largest absolute Gasteiger partial charge is 0.289 e. The van der Waals surface area contributed by atoms with Crippen LogP contribution in [0.3, 0.4) is 0 Å². The Hall–Kier alpha value is -0.0800. The molecule has 66 valence electrons. The third-order valence-electron chi connectivity index (χ3n) is 2.86. The van der Waals surface area contributed by atoms with E-state index in [1.807, 2.05) is 0 Å². The zero-order chi connectivity index (χ0) is 8.43. The number of nitrogens with zero attached hydrogens (tertiary/aromatic N) is 2. The van der Waals surface area contributed by atoms with Gasteiger partial charge in [-0.2, -0.15) is 0 Å². The molecular formula is C9H20N2. The van der Waals surface area contributed by atoms with Crippen molar-refractivity contribution in [2.24, 2.45) is 5.92 Å². The normalized spacial score (nSPS) is 26.2. The minimum atomic E-state index is 0.681. The molecule has 1 aliphatic heterocycles. The zero-order valence-corrected chi connectivity index (χ0v) is 8.17. The summed E-state index contributed by atoms with van der Waals surface area (Å²) in [5.74, 6) is 0.799. The topological polar surface area (TPSA) is 6.48 Å². The molecule has 1 atom stereocenters. The second-order valence-electron chi connectivity index (χ2n) is 3.76. The van der Waals surface area contributed by atoms with Crippen LogP contribution in [0.15, 0.2) is 0 Å². The first-order valence-corrected chi connectivity index (χ1v) is 4.57. The Balaban J connectivity index is 2.53. The molecular weight excluding hydrogens is 136 g/mol. The lowest BCUT2D eigenvalue weighted by Gasteiger charge is -2.30. The van der Waals surface area contributed by atoms with Gasteiger partial charge in [0.05, 0.1) is 6.17 Å². The Bertz CT molecular complexity index is 115. The van der Waals surface area contributed by atoms with Crippen LogP contribution < -0.4 is 0 Å². The molecule has 0 amide bonds. The predicted octanol–water partition coefficient (Wildman–Crippen LogP) is 1.24. The van der Waals surface area contributed by atoms with Crippen molar-refractivity contribution in [1.82, 2.24) is 9.80 Å². The lowest BCUT2D eigenvalue weighted by Crippen LogP contribution is -2.39. The van der Waals surface area contributed by atoms with Crippen LogP contribution in [-0.4, -0.2) is 43.2 Å². The molecule has 0 aromatic heterocycles. The highest BCUT2D eigenvalue weighted by molar-refractivity contribution is 4.80. The molecule has 1 unspecified atom stereocenters. The molecule has 0 radical (unpaired) electrons. The first-order chi connectivity index (χ1) is 5.16. The van der Waals surface area contributed by atoms with Gasteiger partial charge < -0.3 is 0 Å². The number of hydrogen-bond donors (Lipinski definition) is 0. The molecule has 1 rings (SSSR count). The van der Waals surface area contributed by atoms with Gasteiger partial charge in [0, 0.05) is 13.1 Å². The minimum Gasteiger partial charge on any atom is -0.289 e. The molecule has 11 heavy (non-hydrogen) atoms. The van der Waals surface area contributed by atoms with Crippen molar-refractivity contribution in [3.05, 3.63) is 0 Å². The molecule has 2 nitrogen and oxygen atoms in total. The standard InChI is InChI=1S/C9H20N2/c1-5-8(2)9-10(3)6-7-11(9)4/h8-9H,5-7H2,1-4H3. The SMILES string of the molecule is CCC(C)C1N(C)CCN1C. The smallest absolute Gasteiger partial charge is 0.0644 e. The first kappa shape index (κ1) is 9.01. The fraction of sp³-hybridized carbons (Fsp3) is 1.00. The Morgan fingerprint density at radius 3 is 2.09 bits per heavy atom. The van der Waals surface area contributed by atoms with Crippen LogP contribution in [-0.2, 0) is 0 Å². The van der Waals surface area contributed by atoms with Gasteiger partial charge in [-0.1, -0.05) is 20.3 Å². The maximum atomic E-state index is 2.45. The summed E-state index contributed by atoms with van der Waals surface area (Å²) in [6.45, 7) is 7.06. The maximum Gasteiger partial charge on any atom is 0.0644 e. The summed E-state index contributed by atoms with van der Waals surface area (Å²) >= 11 is 0. The van der Waals surface area contributed by atoms with Gasteiger partial charge in [-0.05, 0) is 20.0 Å². The summed E-state index contributed by atoms with van der Waals surface area (Å²) in [5, 5.41) is 0. The van der Waals surface area contributed by atoms with Gasteiger partial charge in [-0.3, -0.25) is 9.80 Å². The average Bonchev–Trinajstić information content (AvgIpc) is 2.30. The highest BCUT2D eigenvalue weighted by atomic mass is 15.4. The molecule has 1 saturated heterocycles. The van der Waals surface area contributed by atoms with E-state index >= 15 is 0 Å². The highest BCUT2D eigenvalue weighted by Crippen LogP contribution is 2.20. The summed E-state index contributed by atoms with van der Waals surface area (Å²) in [5.41, 5.74) is 0. The van der Waals surface area contributed by atoms with Gasteiger partial charge in [-0.25, -0.2) is 0 Å². The Morgan fingerprint density at radius 1 is 1.27 bits per heavy atom. The van der Waals surface area contributed by atoms with Crippen molar-refractivity contribution in [3.63, 3.8) is 0 Å². The molecule has 2 heteroatoms. The first-order valence-electron chi connectivity index (χ1n) is 4.57. The van der Waals surface area contributed by atoms with E-state index < -0.39 is 0 Å². The van der Waals surface area contributed by atoms with E-state index in [9.17, 15) is 0 Å². The average molecular weight is 156 g/mol. The number of likely N-dealkylation sites (N-methyl/N-ethyl adjacent to an activating group) is 2. The van der Waals surface area contributed by atoms with Crippen LogP contribution in [0.1, 0.15) is 20.3 Å². The van der Waals surface area contributed by atoms with Gasteiger partial charge in [-0.15, -0.1) is 0 Å². The van der Waals surface area contributed by atoms with E-state index in [1.54, 1.807) is 0 Å². The summed E-state index contributed by atoms with van der Waals surface area (Å²) < 4.78 is 0. The van der Waals surface area contributed by atoms with E-state index in [2.05, 4.69) is 37.7 Å². The lowest BCUT2D eigenvalue weighted by molar-refractivity contribution is 0.123. The summed E-state index contributed by atoms with van der Waals surface area (Å²) in [7, 11) is 4.45. The van der Waals surface area contributed by atoms with Crippen molar-refractivity contribution in [1.29, 1.82) is 0 Å². The van der Waals surface area contributed by atoms with Crippen LogP contribution in [0.5, 0.6) is 0 Å². The maximum absolute atomic E-state index is 2.45. The lowest BCUT2D eigenvalue weighted by atomic mass is 10.1. The quantitative estimate of drug-likeness (QED) is 0.593. The van der Waals surface area contributed by atoms with Gasteiger partial charge in [0.1, 0.15) is 0 Å². The molecule has 0 bridgehead atoms. The van der Waals surface area contributed by atoms with Crippen LogP contribution in [0.25, 0.3) is 0 Å². The fourth-order valence-corrected chi connectivity index (χ4v) is 2.00. The Morgan fingerprint density at radius 2 is 1.73 bits per heavy atom. The van der Waals surface area contributed by atoms with Crippen molar-refractivity contribution >= 4 is 0 Å². The molecule has 0 spiro atoms. The van der Waals surface area contributed by atoms with Gasteiger partial charge in [0.25, 0.3) is 0 Å². The van der Waals surface area contributed by atoms with Gasteiger partial charge >= 0.3 is 0 Å². The molecule has 0 aliphatic carbocycles. The summed E-state index contributed by atoms with van der Waals surface area (Å²) in [6, 6.07) is 0. The molecule has 0 N–H and O–H groups in total. The Kier molecular flexibility index (Phi) is 2.90. The van der Waals surface area contributed by atoms with E-state index in [-0.39, 0.29) is 0 Å². The van der Waals surface area contributed by atoms with E-state index in [0.29, 0.717) is 6.17 Å². The molecule has 0 saturated carbocycles. The van der Waals surface area contributed by atoms with E-state index in [1.165, 1.54) is 19.5 Å².